The molecule has 0 atom stereocenters. The first-order valence-corrected chi connectivity index (χ1v) is 6.07. The predicted octanol–water partition coefficient (Wildman–Crippen LogP) is 2.98. The lowest BCUT2D eigenvalue weighted by Crippen LogP contribution is -2.12. The van der Waals surface area contributed by atoms with E-state index in [2.05, 4.69) is 9.97 Å². The number of H-pyrrole nitrogens is 1. The Morgan fingerprint density at radius 1 is 1.16 bits per heavy atom. The number of nitrogens with zero attached hydrogens (tertiary/aromatic N) is 1. The summed E-state index contributed by atoms with van der Waals surface area (Å²) in [5.74, 6) is -0.404. The van der Waals surface area contributed by atoms with Crippen molar-refractivity contribution >= 4 is 28.5 Å². The third-order valence-electron chi connectivity index (χ3n) is 2.87. The van der Waals surface area contributed by atoms with Crippen molar-refractivity contribution in [3.8, 4) is 11.1 Å². The molecule has 0 aliphatic heterocycles. The van der Waals surface area contributed by atoms with Gasteiger partial charge in [-0.25, -0.2) is 4.98 Å². The highest BCUT2D eigenvalue weighted by Crippen LogP contribution is 2.25. The molecule has 4 nitrogen and oxygen atoms in total. The van der Waals surface area contributed by atoms with E-state index in [9.17, 15) is 4.79 Å². The summed E-state index contributed by atoms with van der Waals surface area (Å²) in [6.07, 6.45) is 0. The van der Waals surface area contributed by atoms with Gasteiger partial charge >= 0.3 is 0 Å². The van der Waals surface area contributed by atoms with Crippen molar-refractivity contribution in [3.05, 3.63) is 53.3 Å². The Morgan fingerprint density at radius 2 is 1.95 bits per heavy atom. The SMILES string of the molecule is NC(=O)c1nc2ccc(-c3cccc(Cl)c3)cc2[nH]1. The second kappa shape index (κ2) is 4.40. The van der Waals surface area contributed by atoms with E-state index in [0.717, 1.165) is 16.6 Å². The number of nitrogens with one attached hydrogen (secondary N) is 1. The number of amides is 1. The van der Waals surface area contributed by atoms with Gasteiger partial charge in [-0.1, -0.05) is 29.8 Å². The van der Waals surface area contributed by atoms with Gasteiger partial charge in [0.25, 0.3) is 5.91 Å². The summed E-state index contributed by atoms with van der Waals surface area (Å²) < 4.78 is 0. The van der Waals surface area contributed by atoms with Crippen LogP contribution >= 0.6 is 11.6 Å². The van der Waals surface area contributed by atoms with E-state index >= 15 is 0 Å². The average Bonchev–Trinajstić information content (AvgIpc) is 2.81. The van der Waals surface area contributed by atoms with Crippen molar-refractivity contribution in [2.75, 3.05) is 0 Å². The highest BCUT2D eigenvalue weighted by atomic mass is 35.5. The monoisotopic (exact) mass is 271 g/mol. The zero-order valence-corrected chi connectivity index (χ0v) is 10.6. The molecule has 0 aliphatic rings. The largest absolute Gasteiger partial charge is 0.363 e. The smallest absolute Gasteiger partial charge is 0.284 e. The van der Waals surface area contributed by atoms with Crippen molar-refractivity contribution in [3.63, 3.8) is 0 Å². The van der Waals surface area contributed by atoms with Crippen LogP contribution in [0, 0.1) is 0 Å². The number of aromatic amines is 1. The Hall–Kier alpha value is -2.33. The molecule has 5 heteroatoms. The maximum Gasteiger partial charge on any atom is 0.284 e. The topological polar surface area (TPSA) is 71.8 Å². The van der Waals surface area contributed by atoms with Crippen molar-refractivity contribution in [2.45, 2.75) is 0 Å². The fraction of sp³-hybridized carbons (Fsp3) is 0. The normalized spacial score (nSPS) is 10.8. The quantitative estimate of drug-likeness (QED) is 0.752. The molecule has 0 aliphatic carbocycles. The lowest BCUT2D eigenvalue weighted by Gasteiger charge is -2.01. The van der Waals surface area contributed by atoms with E-state index in [1.54, 1.807) is 0 Å². The minimum atomic E-state index is -0.569. The van der Waals surface area contributed by atoms with Crippen molar-refractivity contribution in [1.82, 2.24) is 9.97 Å². The number of fused-ring (bicyclic) bond motifs is 1. The summed E-state index contributed by atoms with van der Waals surface area (Å²) in [6.45, 7) is 0. The van der Waals surface area contributed by atoms with Gasteiger partial charge < -0.3 is 10.7 Å². The van der Waals surface area contributed by atoms with Gasteiger partial charge in [-0.3, -0.25) is 4.79 Å². The minimum absolute atomic E-state index is 0.165. The summed E-state index contributed by atoms with van der Waals surface area (Å²) in [6, 6.07) is 13.3. The number of imidazole rings is 1. The number of primary amides is 1. The standard InChI is InChI=1S/C14H10ClN3O/c15-10-3-1-2-8(6-10)9-4-5-11-12(7-9)18-14(17-11)13(16)19/h1-7H,(H2,16,19)(H,17,18). The maximum atomic E-state index is 11.1. The van der Waals surface area contributed by atoms with E-state index < -0.39 is 5.91 Å². The molecule has 0 unspecified atom stereocenters. The number of benzene rings is 2. The molecule has 0 fully saturated rings. The number of carbonyl (C=O) groups is 1. The van der Waals surface area contributed by atoms with Gasteiger partial charge in [-0.05, 0) is 35.4 Å². The van der Waals surface area contributed by atoms with Gasteiger partial charge in [0.15, 0.2) is 5.82 Å². The van der Waals surface area contributed by atoms with Gasteiger partial charge in [0.1, 0.15) is 0 Å². The summed E-state index contributed by atoms with van der Waals surface area (Å²) >= 11 is 5.98. The molecule has 3 N–H and O–H groups in total. The van der Waals surface area contributed by atoms with Gasteiger partial charge in [0.2, 0.25) is 0 Å². The molecular formula is C14H10ClN3O. The Bertz CT molecular complexity index is 779. The van der Waals surface area contributed by atoms with Crippen LogP contribution in [-0.2, 0) is 0 Å². The summed E-state index contributed by atoms with van der Waals surface area (Å²) in [5.41, 5.74) is 8.67. The van der Waals surface area contributed by atoms with E-state index in [4.69, 9.17) is 17.3 Å². The molecule has 0 saturated heterocycles. The molecule has 2 aromatic carbocycles. The fourth-order valence-electron chi connectivity index (χ4n) is 1.97. The summed E-state index contributed by atoms with van der Waals surface area (Å²) in [4.78, 5) is 18.1. The molecular weight excluding hydrogens is 262 g/mol. The molecule has 1 amide bonds. The van der Waals surface area contributed by atoms with Crippen LogP contribution in [0.5, 0.6) is 0 Å². The van der Waals surface area contributed by atoms with Crippen LogP contribution in [-0.4, -0.2) is 15.9 Å². The zero-order chi connectivity index (χ0) is 13.4. The molecule has 94 valence electrons. The second-order valence-electron chi connectivity index (χ2n) is 4.19. The third kappa shape index (κ3) is 2.18. The van der Waals surface area contributed by atoms with Crippen molar-refractivity contribution in [2.24, 2.45) is 5.73 Å². The number of hydrogen-bond donors (Lipinski definition) is 2. The molecule has 0 saturated carbocycles. The first-order valence-electron chi connectivity index (χ1n) is 5.69. The first-order chi connectivity index (χ1) is 9.13. The number of hydrogen-bond acceptors (Lipinski definition) is 2. The van der Waals surface area contributed by atoms with Gasteiger partial charge in [-0.15, -0.1) is 0 Å². The highest BCUT2D eigenvalue weighted by Gasteiger charge is 2.08. The maximum absolute atomic E-state index is 11.1. The highest BCUT2D eigenvalue weighted by molar-refractivity contribution is 6.30. The van der Waals surface area contributed by atoms with Crippen LogP contribution in [0.4, 0.5) is 0 Å². The number of aromatic nitrogens is 2. The number of carbonyl (C=O) groups excluding carboxylic acids is 1. The average molecular weight is 272 g/mol. The van der Waals surface area contributed by atoms with E-state index in [1.807, 2.05) is 42.5 Å². The minimum Gasteiger partial charge on any atom is -0.363 e. The van der Waals surface area contributed by atoms with Crippen molar-refractivity contribution in [1.29, 1.82) is 0 Å². The Balaban J connectivity index is 2.13. The van der Waals surface area contributed by atoms with Crippen LogP contribution in [0.3, 0.4) is 0 Å². The van der Waals surface area contributed by atoms with Gasteiger partial charge in [-0.2, -0.15) is 0 Å². The van der Waals surface area contributed by atoms with Crippen LogP contribution in [0.1, 0.15) is 10.6 Å². The molecule has 1 heterocycles. The van der Waals surface area contributed by atoms with Crippen LogP contribution in [0.15, 0.2) is 42.5 Å². The fourth-order valence-corrected chi connectivity index (χ4v) is 2.16. The molecule has 0 radical (unpaired) electrons. The lowest BCUT2D eigenvalue weighted by molar-refractivity contribution is 0.0991. The number of halogens is 1. The van der Waals surface area contributed by atoms with Gasteiger partial charge in [0.05, 0.1) is 11.0 Å². The second-order valence-corrected chi connectivity index (χ2v) is 4.63. The van der Waals surface area contributed by atoms with E-state index in [0.29, 0.717) is 10.5 Å². The van der Waals surface area contributed by atoms with Crippen LogP contribution in [0.25, 0.3) is 22.2 Å². The predicted molar refractivity (Wildman–Crippen MR) is 75.1 cm³/mol. The first kappa shape index (κ1) is 11.7. The molecule has 0 bridgehead atoms. The summed E-state index contributed by atoms with van der Waals surface area (Å²) in [7, 11) is 0. The van der Waals surface area contributed by atoms with Gasteiger partial charge in [0, 0.05) is 5.02 Å². The number of rotatable bonds is 2. The van der Waals surface area contributed by atoms with E-state index in [-0.39, 0.29) is 5.82 Å². The summed E-state index contributed by atoms with van der Waals surface area (Å²) in [5, 5.41) is 0.681. The molecule has 3 rings (SSSR count). The Morgan fingerprint density at radius 3 is 2.68 bits per heavy atom. The van der Waals surface area contributed by atoms with Crippen LogP contribution < -0.4 is 5.73 Å². The molecule has 1 aromatic heterocycles. The lowest BCUT2D eigenvalue weighted by atomic mass is 10.1. The van der Waals surface area contributed by atoms with Crippen molar-refractivity contribution < 1.29 is 4.79 Å². The molecule has 3 aromatic rings. The Labute approximate surface area is 114 Å². The molecule has 0 spiro atoms. The zero-order valence-electron chi connectivity index (χ0n) is 9.85. The number of nitrogens with two attached hydrogens (primary N) is 1. The van der Waals surface area contributed by atoms with E-state index in [1.165, 1.54) is 0 Å². The molecule has 19 heavy (non-hydrogen) atoms. The third-order valence-corrected chi connectivity index (χ3v) is 3.11. The van der Waals surface area contributed by atoms with Crippen LogP contribution in [0.2, 0.25) is 5.02 Å². The Kier molecular flexibility index (Phi) is 2.72.